The second kappa shape index (κ2) is 9.94. The normalized spacial score (nSPS) is 28.1. The van der Waals surface area contributed by atoms with E-state index in [1.807, 2.05) is 19.1 Å². The van der Waals surface area contributed by atoms with Gasteiger partial charge in [-0.2, -0.15) is 5.26 Å². The fourth-order valence-corrected chi connectivity index (χ4v) is 6.71. The molecule has 2 unspecified atom stereocenters. The van der Waals surface area contributed by atoms with E-state index in [2.05, 4.69) is 67.8 Å². The summed E-state index contributed by atoms with van der Waals surface area (Å²) in [6.45, 7) is 16.4. The van der Waals surface area contributed by atoms with E-state index in [1.165, 1.54) is 0 Å². The van der Waals surface area contributed by atoms with Crippen LogP contribution in [-0.2, 0) is 0 Å². The molecule has 2 heterocycles. The number of piperidine rings is 1. The van der Waals surface area contributed by atoms with Gasteiger partial charge < -0.3 is 20.1 Å². The minimum absolute atomic E-state index is 0.115. The van der Waals surface area contributed by atoms with Crippen molar-refractivity contribution in [2.24, 2.45) is 28.6 Å². The zero-order valence-corrected chi connectivity index (χ0v) is 22.9. The van der Waals surface area contributed by atoms with Crippen LogP contribution in [0.4, 0.5) is 5.95 Å². The lowest BCUT2D eigenvalue weighted by Gasteiger charge is -2.63. The lowest BCUT2D eigenvalue weighted by molar-refractivity contribution is -0.164. The van der Waals surface area contributed by atoms with Gasteiger partial charge in [-0.05, 0) is 48.4 Å². The maximum absolute atomic E-state index is 13.2. The highest BCUT2D eigenvalue weighted by Gasteiger charge is 2.64. The molecule has 198 valence electrons. The fourth-order valence-electron chi connectivity index (χ4n) is 6.71. The Balaban J connectivity index is 1.42. The Labute approximate surface area is 220 Å². The van der Waals surface area contributed by atoms with Crippen LogP contribution in [0.15, 0.2) is 30.6 Å². The number of amides is 1. The minimum atomic E-state index is -0.314. The molecule has 1 aromatic carbocycles. The lowest BCUT2D eigenvalue weighted by Crippen LogP contribution is -2.74. The van der Waals surface area contributed by atoms with Gasteiger partial charge in [0.15, 0.2) is 0 Å². The van der Waals surface area contributed by atoms with Crippen LogP contribution >= 0.6 is 0 Å². The molecule has 8 nitrogen and oxygen atoms in total. The summed E-state index contributed by atoms with van der Waals surface area (Å²) in [6.07, 6.45) is 3.07. The van der Waals surface area contributed by atoms with Crippen LogP contribution in [0, 0.1) is 46.8 Å². The third-order valence-electron chi connectivity index (χ3n) is 8.56. The Hall–Kier alpha value is -3.18. The number of carbonyl (C=O) groups excluding carboxylic acids is 1. The highest BCUT2D eigenvalue weighted by molar-refractivity contribution is 5.94. The van der Waals surface area contributed by atoms with Crippen LogP contribution < -0.4 is 15.0 Å². The molecule has 2 atom stereocenters. The van der Waals surface area contributed by atoms with E-state index in [0.717, 1.165) is 24.4 Å². The summed E-state index contributed by atoms with van der Waals surface area (Å²) in [7, 11) is 0. The van der Waals surface area contributed by atoms with Gasteiger partial charge >= 0.3 is 0 Å². The molecule has 1 aliphatic carbocycles. The second-order valence-electron chi connectivity index (χ2n) is 12.1. The summed E-state index contributed by atoms with van der Waals surface area (Å²) in [6, 6.07) is 7.57. The number of hydrogen-bond acceptors (Lipinski definition) is 7. The summed E-state index contributed by atoms with van der Waals surface area (Å²) in [5.74, 6) is 2.10. The number of nitrogens with zero attached hydrogens (tertiary/aromatic N) is 4. The smallest absolute Gasteiger partial charge is 0.254 e. The van der Waals surface area contributed by atoms with Gasteiger partial charge in [-0.3, -0.25) is 4.79 Å². The number of rotatable bonds is 6. The van der Waals surface area contributed by atoms with Gasteiger partial charge in [-0.1, -0.05) is 41.5 Å². The fraction of sp³-hybridized carbons (Fsp3) is 0.586. The molecule has 2 aliphatic rings. The number of nitrogens with one attached hydrogen (secondary N) is 1. The molecule has 4 rings (SSSR count). The van der Waals surface area contributed by atoms with E-state index in [-0.39, 0.29) is 41.4 Å². The van der Waals surface area contributed by atoms with Gasteiger partial charge in [0.05, 0.1) is 17.2 Å². The molecule has 1 aromatic heterocycles. The van der Waals surface area contributed by atoms with Crippen molar-refractivity contribution < 1.29 is 14.6 Å². The van der Waals surface area contributed by atoms with Crippen LogP contribution in [0.3, 0.4) is 0 Å². The molecule has 1 aliphatic heterocycles. The average Bonchev–Trinajstić information content (AvgIpc) is 2.85. The SMILES string of the molecule is Cc1cc(OC2C(C)(C)C(NC(=O)c3cnc(N4CC(C)C(CO)C(C)C4)nc3)C2(C)C)ccc1C#N. The predicted molar refractivity (Wildman–Crippen MR) is 142 cm³/mol. The Kier molecular flexibility index (Phi) is 7.22. The quantitative estimate of drug-likeness (QED) is 0.611. The van der Waals surface area contributed by atoms with E-state index in [0.29, 0.717) is 28.9 Å². The summed E-state index contributed by atoms with van der Waals surface area (Å²) in [5.41, 5.74) is 1.31. The van der Waals surface area contributed by atoms with Gasteiger partial charge in [-0.15, -0.1) is 0 Å². The minimum Gasteiger partial charge on any atom is -0.489 e. The molecule has 0 bridgehead atoms. The topological polar surface area (TPSA) is 111 Å². The molecule has 1 saturated carbocycles. The number of ether oxygens (including phenoxy) is 1. The summed E-state index contributed by atoms with van der Waals surface area (Å²) >= 11 is 0. The molecule has 1 amide bonds. The van der Waals surface area contributed by atoms with Crippen molar-refractivity contribution in [2.45, 2.75) is 60.6 Å². The largest absolute Gasteiger partial charge is 0.489 e. The number of nitriles is 1. The van der Waals surface area contributed by atoms with Crippen LogP contribution in [0.2, 0.25) is 0 Å². The van der Waals surface area contributed by atoms with Gasteiger partial charge in [0.25, 0.3) is 5.91 Å². The van der Waals surface area contributed by atoms with Crippen molar-refractivity contribution >= 4 is 11.9 Å². The highest BCUT2D eigenvalue weighted by Crippen LogP contribution is 2.55. The summed E-state index contributed by atoms with van der Waals surface area (Å²) in [4.78, 5) is 24.3. The van der Waals surface area contributed by atoms with Gasteiger partial charge in [0, 0.05) is 49.0 Å². The zero-order valence-electron chi connectivity index (χ0n) is 22.9. The third kappa shape index (κ3) is 4.89. The predicted octanol–water partition coefficient (Wildman–Crippen LogP) is 3.97. The number of aryl methyl sites for hydroxylation is 1. The molecule has 2 fully saturated rings. The number of aliphatic hydroxyl groups excluding tert-OH is 1. The van der Waals surface area contributed by atoms with Crippen molar-refractivity contribution in [1.82, 2.24) is 15.3 Å². The Morgan fingerprint density at radius 1 is 1.16 bits per heavy atom. The van der Waals surface area contributed by atoms with Crippen molar-refractivity contribution in [3.8, 4) is 11.8 Å². The molecule has 1 saturated heterocycles. The first kappa shape index (κ1) is 26.9. The molecule has 0 radical (unpaired) electrons. The van der Waals surface area contributed by atoms with E-state index in [1.54, 1.807) is 18.5 Å². The van der Waals surface area contributed by atoms with E-state index >= 15 is 0 Å². The molecule has 0 spiro atoms. The van der Waals surface area contributed by atoms with Crippen LogP contribution in [-0.4, -0.2) is 52.8 Å². The third-order valence-corrected chi connectivity index (χ3v) is 8.56. The van der Waals surface area contributed by atoms with Crippen molar-refractivity contribution in [3.05, 3.63) is 47.3 Å². The first-order valence-electron chi connectivity index (χ1n) is 13.1. The molecule has 37 heavy (non-hydrogen) atoms. The molecule has 8 heteroatoms. The molecular formula is C29H39N5O3. The monoisotopic (exact) mass is 505 g/mol. The van der Waals surface area contributed by atoms with E-state index in [4.69, 9.17) is 4.74 Å². The van der Waals surface area contributed by atoms with Crippen LogP contribution in [0.5, 0.6) is 5.75 Å². The Morgan fingerprint density at radius 3 is 2.27 bits per heavy atom. The number of hydrogen-bond donors (Lipinski definition) is 2. The maximum atomic E-state index is 13.2. The molecular weight excluding hydrogens is 466 g/mol. The number of aromatic nitrogens is 2. The molecule has 2 N–H and O–H groups in total. The van der Waals surface area contributed by atoms with Gasteiger partial charge in [0.2, 0.25) is 5.95 Å². The maximum Gasteiger partial charge on any atom is 0.254 e. The van der Waals surface area contributed by atoms with Gasteiger partial charge in [-0.25, -0.2) is 9.97 Å². The van der Waals surface area contributed by atoms with Gasteiger partial charge in [0.1, 0.15) is 11.9 Å². The molecule has 2 aromatic rings. The summed E-state index contributed by atoms with van der Waals surface area (Å²) in [5, 5.41) is 22.1. The number of aliphatic hydroxyl groups is 1. The van der Waals surface area contributed by atoms with E-state index < -0.39 is 0 Å². The van der Waals surface area contributed by atoms with Crippen molar-refractivity contribution in [3.63, 3.8) is 0 Å². The van der Waals surface area contributed by atoms with Crippen LogP contribution in [0.1, 0.15) is 63.0 Å². The lowest BCUT2D eigenvalue weighted by atomic mass is 9.49. The van der Waals surface area contributed by atoms with Crippen LogP contribution in [0.25, 0.3) is 0 Å². The number of carbonyl (C=O) groups is 1. The Bertz CT molecular complexity index is 1160. The number of anilines is 1. The average molecular weight is 506 g/mol. The summed E-state index contributed by atoms with van der Waals surface area (Å²) < 4.78 is 6.39. The zero-order chi connectivity index (χ0) is 27.1. The number of benzene rings is 1. The standard InChI is InChI=1S/C29H39N5O3/c1-17-10-22(9-8-20(17)11-30)37-26-28(4,5)25(29(26,6)7)33-24(36)21-12-31-27(32-13-21)34-14-18(2)23(16-35)19(3)15-34/h8-10,12-13,18-19,23,25-26,35H,14-16H2,1-7H3,(H,33,36). The Morgan fingerprint density at radius 2 is 1.76 bits per heavy atom. The first-order valence-corrected chi connectivity index (χ1v) is 13.1. The second-order valence-corrected chi connectivity index (χ2v) is 12.1. The van der Waals surface area contributed by atoms with E-state index in [9.17, 15) is 15.2 Å². The van der Waals surface area contributed by atoms with Crippen molar-refractivity contribution in [1.29, 1.82) is 5.26 Å². The first-order chi connectivity index (χ1) is 17.4. The highest BCUT2D eigenvalue weighted by atomic mass is 16.5. The van der Waals surface area contributed by atoms with Crippen molar-refractivity contribution in [2.75, 3.05) is 24.6 Å².